The van der Waals surface area contributed by atoms with Crippen molar-refractivity contribution in [3.63, 3.8) is 0 Å². The minimum atomic E-state index is -4.66. The number of hydrogen-bond donors (Lipinski definition) is 0. The zero-order chi connectivity index (χ0) is 22.9. The first-order valence-electron chi connectivity index (χ1n) is 11.5. The van der Waals surface area contributed by atoms with Crippen LogP contribution in [0.4, 0.5) is 22.0 Å². The molecule has 174 valence electrons. The third-order valence-corrected chi connectivity index (χ3v) is 7.39. The van der Waals surface area contributed by atoms with Crippen LogP contribution < -0.4 is 4.74 Å². The van der Waals surface area contributed by atoms with Gasteiger partial charge in [-0.05, 0) is 84.6 Å². The Kier molecular flexibility index (Phi) is 6.78. The predicted molar refractivity (Wildman–Crippen MR) is 115 cm³/mol. The molecule has 4 rings (SSSR count). The Morgan fingerprint density at radius 3 is 2.09 bits per heavy atom. The molecule has 0 aromatic heterocycles. The summed E-state index contributed by atoms with van der Waals surface area (Å²) >= 11 is 0. The van der Waals surface area contributed by atoms with Crippen LogP contribution in [0.1, 0.15) is 63.4 Å². The maximum absolute atomic E-state index is 14.2. The van der Waals surface area contributed by atoms with Crippen LogP contribution in [0, 0.1) is 29.4 Å². The minimum Gasteiger partial charge on any atom is -0.478 e. The molecule has 4 atom stereocenters. The van der Waals surface area contributed by atoms with Crippen LogP contribution in [0.15, 0.2) is 36.4 Å². The van der Waals surface area contributed by atoms with E-state index in [9.17, 15) is 22.0 Å². The first-order valence-corrected chi connectivity index (χ1v) is 11.5. The molecule has 6 heteroatoms. The molecule has 2 aliphatic carbocycles. The maximum atomic E-state index is 14.2. The Balaban J connectivity index is 1.44. The van der Waals surface area contributed by atoms with Crippen LogP contribution in [0.3, 0.4) is 0 Å². The van der Waals surface area contributed by atoms with E-state index >= 15 is 0 Å². The molecule has 2 aromatic rings. The van der Waals surface area contributed by atoms with Crippen molar-refractivity contribution in [2.24, 2.45) is 17.8 Å². The first-order chi connectivity index (χ1) is 15.2. The van der Waals surface area contributed by atoms with Gasteiger partial charge in [-0.2, -0.15) is 13.2 Å². The van der Waals surface area contributed by atoms with Gasteiger partial charge in [-0.15, -0.1) is 0 Å². The van der Waals surface area contributed by atoms with Gasteiger partial charge in [0.2, 0.25) is 0 Å². The summed E-state index contributed by atoms with van der Waals surface area (Å²) in [5, 5.41) is 0. The van der Waals surface area contributed by atoms with Crippen LogP contribution >= 0.6 is 0 Å². The molecule has 2 saturated carbocycles. The van der Waals surface area contributed by atoms with Crippen LogP contribution in [0.5, 0.6) is 5.75 Å². The standard InChI is InChI=1S/C26H29F5O/c1-2-16-3-4-21-12-20(10-9-19(21)11-16)17-5-7-18(8-6-17)22-13-23(27)25(24(28)14-22)32-15-26(29,30)31/h5-8,13-14,16,19-21H,2-4,9-12,15H2,1H3/t16?,19-,20-,21-/m1/s1. The average molecular weight is 453 g/mol. The van der Waals surface area contributed by atoms with Gasteiger partial charge in [0, 0.05) is 0 Å². The fourth-order valence-corrected chi connectivity index (χ4v) is 5.63. The van der Waals surface area contributed by atoms with E-state index in [0.29, 0.717) is 11.5 Å². The number of benzene rings is 2. The molecular weight excluding hydrogens is 423 g/mol. The van der Waals surface area contributed by atoms with E-state index in [1.807, 2.05) is 24.3 Å². The SMILES string of the molecule is CCC1CC[C@@H]2C[C@H](c3ccc(-c4cc(F)c(OCC(F)(F)F)c(F)c4)cc3)CC[C@@H]2C1. The lowest BCUT2D eigenvalue weighted by Crippen LogP contribution is -2.30. The van der Waals surface area contributed by atoms with E-state index in [4.69, 9.17) is 0 Å². The first kappa shape index (κ1) is 23.1. The highest BCUT2D eigenvalue weighted by molar-refractivity contribution is 5.65. The summed E-state index contributed by atoms with van der Waals surface area (Å²) in [6.07, 6.45) is 4.28. The minimum absolute atomic E-state index is 0.271. The third-order valence-electron chi connectivity index (χ3n) is 7.39. The van der Waals surface area contributed by atoms with E-state index in [0.717, 1.165) is 29.9 Å². The summed E-state index contributed by atoms with van der Waals surface area (Å²) in [6, 6.07) is 9.73. The number of halogens is 5. The Morgan fingerprint density at radius 1 is 0.844 bits per heavy atom. The van der Waals surface area contributed by atoms with Crippen LogP contribution in [-0.4, -0.2) is 12.8 Å². The van der Waals surface area contributed by atoms with Gasteiger partial charge in [0.05, 0.1) is 0 Å². The molecule has 0 aliphatic heterocycles. The normalized spacial score (nSPS) is 25.9. The number of alkyl halides is 3. The fourth-order valence-electron chi connectivity index (χ4n) is 5.63. The van der Waals surface area contributed by atoms with Crippen LogP contribution in [-0.2, 0) is 0 Å². The van der Waals surface area contributed by atoms with Crippen molar-refractivity contribution in [1.82, 2.24) is 0 Å². The van der Waals surface area contributed by atoms with Crippen molar-refractivity contribution in [2.45, 2.75) is 64.0 Å². The summed E-state index contributed by atoms with van der Waals surface area (Å²) in [7, 11) is 0. The Morgan fingerprint density at radius 2 is 1.47 bits per heavy atom. The Labute approximate surface area is 186 Å². The largest absolute Gasteiger partial charge is 0.478 e. The topological polar surface area (TPSA) is 9.23 Å². The fraction of sp³-hybridized carbons (Fsp3) is 0.538. The van der Waals surface area contributed by atoms with Gasteiger partial charge in [-0.3, -0.25) is 0 Å². The van der Waals surface area contributed by atoms with Crippen molar-refractivity contribution >= 4 is 0 Å². The third kappa shape index (κ3) is 5.26. The summed E-state index contributed by atoms with van der Waals surface area (Å²) in [6.45, 7) is 0.552. The summed E-state index contributed by atoms with van der Waals surface area (Å²) in [4.78, 5) is 0. The van der Waals surface area contributed by atoms with Crippen molar-refractivity contribution in [3.05, 3.63) is 53.6 Å². The van der Waals surface area contributed by atoms with Crippen LogP contribution in [0.25, 0.3) is 11.1 Å². The van der Waals surface area contributed by atoms with E-state index in [1.165, 1.54) is 50.5 Å². The molecule has 0 N–H and O–H groups in total. The van der Waals surface area contributed by atoms with Gasteiger partial charge in [-0.25, -0.2) is 8.78 Å². The second-order valence-corrected chi connectivity index (χ2v) is 9.41. The molecule has 0 bridgehead atoms. The van der Waals surface area contributed by atoms with E-state index in [1.54, 1.807) is 0 Å². The predicted octanol–water partition coefficient (Wildman–Crippen LogP) is 8.28. The van der Waals surface area contributed by atoms with Gasteiger partial charge in [-0.1, -0.05) is 44.0 Å². The molecule has 0 spiro atoms. The lowest BCUT2D eigenvalue weighted by molar-refractivity contribution is -0.154. The second-order valence-electron chi connectivity index (χ2n) is 9.41. The summed E-state index contributed by atoms with van der Waals surface area (Å²) in [5.41, 5.74) is 2.13. The Bertz CT molecular complexity index is 898. The van der Waals surface area contributed by atoms with E-state index in [-0.39, 0.29) is 5.56 Å². The van der Waals surface area contributed by atoms with Crippen molar-refractivity contribution in [2.75, 3.05) is 6.61 Å². The van der Waals surface area contributed by atoms with Crippen molar-refractivity contribution in [1.29, 1.82) is 0 Å². The highest BCUT2D eigenvalue weighted by Crippen LogP contribution is 2.48. The average Bonchev–Trinajstić information content (AvgIpc) is 2.77. The van der Waals surface area contributed by atoms with Crippen LogP contribution in [0.2, 0.25) is 0 Å². The van der Waals surface area contributed by atoms with Gasteiger partial charge in [0.25, 0.3) is 0 Å². The second kappa shape index (κ2) is 9.40. The van der Waals surface area contributed by atoms with Gasteiger partial charge < -0.3 is 4.74 Å². The smallest absolute Gasteiger partial charge is 0.422 e. The molecule has 1 unspecified atom stereocenters. The number of rotatable bonds is 5. The van der Waals surface area contributed by atoms with Gasteiger partial charge in [0.1, 0.15) is 0 Å². The van der Waals surface area contributed by atoms with Gasteiger partial charge >= 0.3 is 6.18 Å². The molecule has 32 heavy (non-hydrogen) atoms. The molecule has 0 heterocycles. The maximum Gasteiger partial charge on any atom is 0.422 e. The quantitative estimate of drug-likeness (QED) is 0.415. The van der Waals surface area contributed by atoms with Crippen molar-refractivity contribution in [3.8, 4) is 16.9 Å². The molecule has 1 nitrogen and oxygen atoms in total. The molecule has 2 aromatic carbocycles. The number of ether oxygens (including phenoxy) is 1. The van der Waals surface area contributed by atoms with E-state index < -0.39 is 30.2 Å². The molecular formula is C26H29F5O. The monoisotopic (exact) mass is 452 g/mol. The summed E-state index contributed by atoms with van der Waals surface area (Å²) < 4.78 is 69.6. The zero-order valence-corrected chi connectivity index (χ0v) is 18.2. The highest BCUT2D eigenvalue weighted by atomic mass is 19.4. The zero-order valence-electron chi connectivity index (χ0n) is 18.2. The molecule has 0 radical (unpaired) electrons. The van der Waals surface area contributed by atoms with E-state index in [2.05, 4.69) is 11.7 Å². The molecule has 0 amide bonds. The number of hydrogen-bond acceptors (Lipinski definition) is 1. The lowest BCUT2D eigenvalue weighted by atomic mass is 9.63. The lowest BCUT2D eigenvalue weighted by Gasteiger charge is -2.42. The van der Waals surface area contributed by atoms with Gasteiger partial charge in [0.15, 0.2) is 24.0 Å². The summed E-state index contributed by atoms with van der Waals surface area (Å²) in [5.74, 6) is -0.244. The number of fused-ring (bicyclic) bond motifs is 1. The highest BCUT2D eigenvalue weighted by Gasteiger charge is 2.35. The Hall–Kier alpha value is -2.11. The van der Waals surface area contributed by atoms with Crippen molar-refractivity contribution < 1.29 is 26.7 Å². The molecule has 2 fully saturated rings. The molecule has 2 aliphatic rings. The molecule has 0 saturated heterocycles.